The van der Waals surface area contributed by atoms with E-state index in [0.717, 1.165) is 16.7 Å². The molecule has 6 nitrogen and oxygen atoms in total. The highest BCUT2D eigenvalue weighted by Gasteiger charge is 2.15. The summed E-state index contributed by atoms with van der Waals surface area (Å²) in [5, 5.41) is 6.00. The van der Waals surface area contributed by atoms with Gasteiger partial charge in [-0.15, -0.1) is 0 Å². The molecule has 33 heavy (non-hydrogen) atoms. The molecular weight excluding hydrogens is 436 g/mol. The summed E-state index contributed by atoms with van der Waals surface area (Å²) >= 11 is 5.84. The predicted octanol–water partition coefficient (Wildman–Crippen LogP) is 5.37. The Labute approximate surface area is 196 Å². The third-order valence-corrected chi connectivity index (χ3v) is 5.28. The summed E-state index contributed by atoms with van der Waals surface area (Å²) in [7, 11) is 0. The average molecular weight is 457 g/mol. The number of anilines is 2. The van der Waals surface area contributed by atoms with Crippen LogP contribution in [0, 0.1) is 0 Å². The lowest BCUT2D eigenvalue weighted by molar-refractivity contribution is 0.102. The zero-order valence-electron chi connectivity index (χ0n) is 17.6. The minimum absolute atomic E-state index is 0.315. The van der Waals surface area contributed by atoms with Gasteiger partial charge >= 0.3 is 0 Å². The number of hydrogen-bond donors (Lipinski definition) is 3. The number of hydrogen-bond acceptors (Lipinski definition) is 4. The van der Waals surface area contributed by atoms with Gasteiger partial charge in [-0.1, -0.05) is 60.1 Å². The molecule has 0 bridgehead atoms. The van der Waals surface area contributed by atoms with Gasteiger partial charge in [0, 0.05) is 18.3 Å². The molecule has 0 fully saturated rings. The number of aromatic nitrogens is 1. The van der Waals surface area contributed by atoms with Gasteiger partial charge in [0.25, 0.3) is 11.8 Å². The fraction of sp³-hybridized carbons (Fsp3) is 0.0385. The molecule has 0 aliphatic carbocycles. The van der Waals surface area contributed by atoms with E-state index >= 15 is 0 Å². The van der Waals surface area contributed by atoms with Crippen molar-refractivity contribution in [2.75, 3.05) is 10.6 Å². The SMILES string of the molecule is NCc1ccc(-c2ccc(C(=O)Nc3ccccc3C(=O)Nc3ccc(Cl)cn3)cc2)cc1. The first kappa shape index (κ1) is 22.2. The van der Waals surface area contributed by atoms with Crippen LogP contribution >= 0.6 is 11.6 Å². The van der Waals surface area contributed by atoms with Crippen molar-refractivity contribution in [2.24, 2.45) is 5.73 Å². The van der Waals surface area contributed by atoms with E-state index in [9.17, 15) is 9.59 Å². The minimum atomic E-state index is -0.392. The summed E-state index contributed by atoms with van der Waals surface area (Å²) in [6.07, 6.45) is 1.45. The van der Waals surface area contributed by atoms with Crippen molar-refractivity contribution in [3.63, 3.8) is 0 Å². The van der Waals surface area contributed by atoms with Gasteiger partial charge in [0.1, 0.15) is 5.82 Å². The molecule has 7 heteroatoms. The van der Waals surface area contributed by atoms with Crippen molar-refractivity contribution < 1.29 is 9.59 Å². The van der Waals surface area contributed by atoms with E-state index in [1.165, 1.54) is 6.20 Å². The Bertz CT molecular complexity index is 1270. The predicted molar refractivity (Wildman–Crippen MR) is 131 cm³/mol. The highest BCUT2D eigenvalue weighted by Crippen LogP contribution is 2.22. The third-order valence-electron chi connectivity index (χ3n) is 5.06. The van der Waals surface area contributed by atoms with Crippen molar-refractivity contribution in [3.8, 4) is 11.1 Å². The maximum Gasteiger partial charge on any atom is 0.258 e. The van der Waals surface area contributed by atoms with Crippen molar-refractivity contribution in [1.82, 2.24) is 4.98 Å². The first-order chi connectivity index (χ1) is 16.0. The Morgan fingerprint density at radius 2 is 1.45 bits per heavy atom. The largest absolute Gasteiger partial charge is 0.326 e. The number of pyridine rings is 1. The van der Waals surface area contributed by atoms with Crippen LogP contribution in [0.4, 0.5) is 11.5 Å². The number of nitrogens with two attached hydrogens (primary N) is 1. The van der Waals surface area contributed by atoms with Crippen LogP contribution in [-0.4, -0.2) is 16.8 Å². The van der Waals surface area contributed by atoms with Crippen LogP contribution < -0.4 is 16.4 Å². The first-order valence-electron chi connectivity index (χ1n) is 10.3. The first-order valence-corrected chi connectivity index (χ1v) is 10.6. The van der Waals surface area contributed by atoms with Crippen molar-refractivity contribution in [3.05, 3.63) is 113 Å². The van der Waals surface area contributed by atoms with Gasteiger partial charge in [-0.2, -0.15) is 0 Å². The fourth-order valence-electron chi connectivity index (χ4n) is 3.27. The summed E-state index contributed by atoms with van der Waals surface area (Å²) in [4.78, 5) is 29.6. The Hall–Kier alpha value is -4.00. The van der Waals surface area contributed by atoms with E-state index in [4.69, 9.17) is 17.3 Å². The fourth-order valence-corrected chi connectivity index (χ4v) is 3.38. The minimum Gasteiger partial charge on any atom is -0.326 e. The number of amides is 2. The molecule has 0 saturated carbocycles. The lowest BCUT2D eigenvalue weighted by Crippen LogP contribution is -2.18. The molecule has 2 amide bonds. The molecule has 4 N–H and O–H groups in total. The number of benzene rings is 3. The molecule has 0 aliphatic heterocycles. The van der Waals surface area contributed by atoms with E-state index in [0.29, 0.717) is 34.2 Å². The second-order valence-electron chi connectivity index (χ2n) is 7.29. The zero-order valence-corrected chi connectivity index (χ0v) is 18.3. The summed E-state index contributed by atoms with van der Waals surface area (Å²) in [5.74, 6) is -0.345. The van der Waals surface area contributed by atoms with Crippen LogP contribution in [0.1, 0.15) is 26.3 Å². The molecule has 0 spiro atoms. The van der Waals surface area contributed by atoms with Gasteiger partial charge in [0.2, 0.25) is 0 Å². The zero-order chi connectivity index (χ0) is 23.2. The number of nitrogens with zero attached hydrogens (tertiary/aromatic N) is 1. The van der Waals surface area contributed by atoms with E-state index in [1.54, 1.807) is 48.5 Å². The molecule has 0 radical (unpaired) electrons. The molecule has 4 aromatic rings. The van der Waals surface area contributed by atoms with E-state index in [-0.39, 0.29) is 5.91 Å². The standard InChI is InChI=1S/C26H21ClN4O2/c27-21-13-14-24(29-16-21)31-26(33)22-3-1-2-4-23(22)30-25(32)20-11-9-19(10-12-20)18-7-5-17(15-28)6-8-18/h1-14,16H,15,28H2,(H,30,32)(H,29,31,33). The van der Waals surface area contributed by atoms with E-state index in [2.05, 4.69) is 15.6 Å². The highest BCUT2D eigenvalue weighted by molar-refractivity contribution is 6.30. The maximum atomic E-state index is 12.8. The summed E-state index contributed by atoms with van der Waals surface area (Å²) < 4.78 is 0. The number of carbonyl (C=O) groups is 2. The maximum absolute atomic E-state index is 12.8. The van der Waals surface area contributed by atoms with Gasteiger partial charge in [0.15, 0.2) is 0 Å². The molecular formula is C26H21ClN4O2. The number of carbonyl (C=O) groups excluding carboxylic acids is 2. The lowest BCUT2D eigenvalue weighted by Gasteiger charge is -2.12. The van der Waals surface area contributed by atoms with Crippen molar-refractivity contribution in [1.29, 1.82) is 0 Å². The second kappa shape index (κ2) is 10.1. The summed E-state index contributed by atoms with van der Waals surface area (Å²) in [5.41, 5.74) is 9.94. The topological polar surface area (TPSA) is 97.1 Å². The van der Waals surface area contributed by atoms with E-state index < -0.39 is 5.91 Å². The number of nitrogens with one attached hydrogen (secondary N) is 2. The van der Waals surface area contributed by atoms with Gasteiger partial charge in [-0.25, -0.2) is 4.98 Å². The Morgan fingerprint density at radius 1 is 0.788 bits per heavy atom. The van der Waals surface area contributed by atoms with Crippen LogP contribution in [0.25, 0.3) is 11.1 Å². The quantitative estimate of drug-likeness (QED) is 0.363. The Balaban J connectivity index is 1.48. The second-order valence-corrected chi connectivity index (χ2v) is 7.73. The summed E-state index contributed by atoms with van der Waals surface area (Å²) in [6, 6.07) is 25.3. The van der Waals surface area contributed by atoms with Crippen LogP contribution in [-0.2, 0) is 6.54 Å². The average Bonchev–Trinajstić information content (AvgIpc) is 2.86. The third kappa shape index (κ3) is 5.44. The van der Waals surface area contributed by atoms with Crippen LogP contribution in [0.15, 0.2) is 91.1 Å². The monoisotopic (exact) mass is 456 g/mol. The van der Waals surface area contributed by atoms with E-state index in [1.807, 2.05) is 36.4 Å². The molecule has 1 aromatic heterocycles. The van der Waals surface area contributed by atoms with Crippen LogP contribution in [0.5, 0.6) is 0 Å². The molecule has 4 rings (SSSR count). The van der Waals surface area contributed by atoms with Crippen molar-refractivity contribution >= 4 is 34.9 Å². The lowest BCUT2D eigenvalue weighted by atomic mass is 10.0. The van der Waals surface area contributed by atoms with Gasteiger partial charge in [-0.05, 0) is 53.1 Å². The molecule has 0 saturated heterocycles. The smallest absolute Gasteiger partial charge is 0.258 e. The molecule has 0 atom stereocenters. The number of halogens is 1. The molecule has 3 aromatic carbocycles. The summed E-state index contributed by atoms with van der Waals surface area (Å²) in [6.45, 7) is 0.495. The van der Waals surface area contributed by atoms with Crippen LogP contribution in [0.3, 0.4) is 0 Å². The molecule has 0 aliphatic rings. The van der Waals surface area contributed by atoms with Crippen LogP contribution in [0.2, 0.25) is 5.02 Å². The number of para-hydroxylation sites is 1. The normalized spacial score (nSPS) is 10.5. The molecule has 1 heterocycles. The Morgan fingerprint density at radius 3 is 2.09 bits per heavy atom. The Kier molecular flexibility index (Phi) is 6.78. The van der Waals surface area contributed by atoms with Gasteiger partial charge in [-0.3, -0.25) is 9.59 Å². The molecule has 0 unspecified atom stereocenters. The highest BCUT2D eigenvalue weighted by atomic mass is 35.5. The van der Waals surface area contributed by atoms with Gasteiger partial charge < -0.3 is 16.4 Å². The molecule has 164 valence electrons. The number of rotatable bonds is 6. The van der Waals surface area contributed by atoms with Gasteiger partial charge in [0.05, 0.1) is 16.3 Å². The van der Waals surface area contributed by atoms with Crippen molar-refractivity contribution in [2.45, 2.75) is 6.54 Å².